The van der Waals surface area contributed by atoms with E-state index in [2.05, 4.69) is 4.57 Å². The summed E-state index contributed by atoms with van der Waals surface area (Å²) in [4.78, 5) is 12.9. The van der Waals surface area contributed by atoms with E-state index in [4.69, 9.17) is 4.74 Å². The van der Waals surface area contributed by atoms with Crippen molar-refractivity contribution >= 4 is 5.97 Å². The summed E-state index contributed by atoms with van der Waals surface area (Å²) in [7, 11) is 0. The first kappa shape index (κ1) is 23.5. The van der Waals surface area contributed by atoms with E-state index in [1.54, 1.807) is 30.3 Å². The van der Waals surface area contributed by atoms with E-state index in [1.807, 2.05) is 30.8 Å². The van der Waals surface area contributed by atoms with Crippen LogP contribution >= 0.6 is 0 Å². The van der Waals surface area contributed by atoms with Gasteiger partial charge in [0.25, 0.3) is 5.82 Å². The number of alkyl halides is 2. The minimum atomic E-state index is -2.87. The third-order valence-electron chi connectivity index (χ3n) is 5.68. The third-order valence-corrected chi connectivity index (χ3v) is 5.68. The minimum absolute atomic E-state index is 0. The summed E-state index contributed by atoms with van der Waals surface area (Å²) in [6.07, 6.45) is 3.05. The maximum absolute atomic E-state index is 13.8. The van der Waals surface area contributed by atoms with Gasteiger partial charge in [0.2, 0.25) is 5.92 Å². The molecule has 0 amide bonds. The van der Waals surface area contributed by atoms with E-state index >= 15 is 0 Å². The topological polar surface area (TPSA) is 55.3 Å². The van der Waals surface area contributed by atoms with Gasteiger partial charge in [-0.15, -0.1) is 0 Å². The van der Waals surface area contributed by atoms with E-state index in [-0.39, 0.29) is 36.4 Å². The molecule has 1 aliphatic carbocycles. The normalized spacial score (nSPS) is 20.0. The van der Waals surface area contributed by atoms with Crippen LogP contribution in [0.4, 0.5) is 8.78 Å². The zero-order chi connectivity index (χ0) is 20.4. The molecule has 1 aromatic heterocycles. The average molecular weight is 473 g/mol. The second-order valence-corrected chi connectivity index (χ2v) is 7.39. The number of carbonyl (C=O) groups is 1. The molecule has 0 unspecified atom stereocenters. The van der Waals surface area contributed by atoms with Crippen molar-refractivity contribution in [1.82, 2.24) is 4.57 Å². The number of aliphatic hydroxyl groups is 1. The summed E-state index contributed by atoms with van der Waals surface area (Å²) in [5.74, 6) is -3.60. The summed E-state index contributed by atoms with van der Waals surface area (Å²) < 4.78 is 37.0. The fourth-order valence-electron chi connectivity index (χ4n) is 3.98. The lowest BCUT2D eigenvalue weighted by atomic mass is 9.80. The Morgan fingerprint density at radius 3 is 2.62 bits per heavy atom. The highest BCUT2D eigenvalue weighted by Crippen LogP contribution is 2.47. The largest absolute Gasteiger partial charge is 1.00 e. The number of carbonyl (C=O) groups excluding carboxylic acids is 1. The van der Waals surface area contributed by atoms with Gasteiger partial charge in [-0.25, -0.2) is 22.7 Å². The molecule has 1 aliphatic rings. The Labute approximate surface area is 180 Å². The average Bonchev–Trinajstić information content (AvgIpc) is 3.23. The van der Waals surface area contributed by atoms with E-state index in [0.717, 1.165) is 12.4 Å². The SMILES string of the molecule is CCn1cc[n+](CCOC(=O)[C@](O)(c2ccccc2)[C@H]2CCC(F)(F)C2)c1C.[Br-]. The molecule has 1 N–H and O–H groups in total. The number of nitrogens with zero attached hydrogens (tertiary/aromatic N) is 2. The van der Waals surface area contributed by atoms with Crippen LogP contribution in [0, 0.1) is 12.8 Å². The van der Waals surface area contributed by atoms with Crippen LogP contribution in [0.3, 0.4) is 0 Å². The molecule has 1 aromatic carbocycles. The Balaban J connectivity index is 0.00000300. The van der Waals surface area contributed by atoms with Crippen molar-refractivity contribution in [3.05, 3.63) is 54.1 Å². The molecule has 0 bridgehead atoms. The summed E-state index contributed by atoms with van der Waals surface area (Å²) in [5.41, 5.74) is -1.78. The Kier molecular flexibility index (Phi) is 7.56. The highest BCUT2D eigenvalue weighted by molar-refractivity contribution is 5.81. The number of esters is 1. The summed E-state index contributed by atoms with van der Waals surface area (Å²) in [6.45, 7) is 5.32. The molecule has 1 saturated carbocycles. The molecule has 0 radical (unpaired) electrons. The first-order valence-corrected chi connectivity index (χ1v) is 9.66. The van der Waals surface area contributed by atoms with Gasteiger partial charge in [0.05, 0.1) is 6.54 Å². The van der Waals surface area contributed by atoms with E-state index in [0.29, 0.717) is 12.1 Å². The maximum atomic E-state index is 13.8. The molecular weight excluding hydrogens is 446 g/mol. The second kappa shape index (κ2) is 9.34. The molecular formula is C21H27BrF2N2O3. The van der Waals surface area contributed by atoms with Gasteiger partial charge < -0.3 is 26.8 Å². The van der Waals surface area contributed by atoms with Crippen molar-refractivity contribution in [2.75, 3.05) is 6.61 Å². The molecule has 1 fully saturated rings. The predicted molar refractivity (Wildman–Crippen MR) is 98.6 cm³/mol. The molecule has 160 valence electrons. The predicted octanol–water partition coefficient (Wildman–Crippen LogP) is -0.0257. The van der Waals surface area contributed by atoms with E-state index < -0.39 is 29.8 Å². The highest BCUT2D eigenvalue weighted by atomic mass is 79.9. The first-order valence-electron chi connectivity index (χ1n) is 9.66. The molecule has 0 saturated heterocycles. The number of benzene rings is 1. The first-order chi connectivity index (χ1) is 13.3. The standard InChI is InChI=1S/C21H27F2N2O3.BrH/c1-3-24-11-12-25(16(24)2)13-14-28-19(26)21(27,17-7-5-4-6-8-17)18-9-10-20(22,23)15-18;/h4-8,11-12,18,27H,3,9-10,13-15H2,1-2H3;1H/q+1;/p-1/t18-,21-;/m0./s1. The molecule has 2 aromatic rings. The number of rotatable bonds is 7. The number of hydrogen-bond acceptors (Lipinski definition) is 3. The quantitative estimate of drug-likeness (QED) is 0.454. The van der Waals surface area contributed by atoms with Gasteiger partial charge in [0, 0.05) is 25.7 Å². The number of aryl methyl sites for hydroxylation is 1. The molecule has 0 aliphatic heterocycles. The Morgan fingerprint density at radius 1 is 1.38 bits per heavy atom. The minimum Gasteiger partial charge on any atom is -1.00 e. The summed E-state index contributed by atoms with van der Waals surface area (Å²) in [5, 5.41) is 11.3. The zero-order valence-corrected chi connectivity index (χ0v) is 18.2. The number of imidazole rings is 1. The number of hydrogen-bond donors (Lipinski definition) is 1. The second-order valence-electron chi connectivity index (χ2n) is 7.39. The van der Waals surface area contributed by atoms with Crippen molar-refractivity contribution in [2.45, 2.75) is 57.7 Å². The Morgan fingerprint density at radius 2 is 2.07 bits per heavy atom. The lowest BCUT2D eigenvalue weighted by Gasteiger charge is -2.32. The van der Waals surface area contributed by atoms with Crippen LogP contribution in [0.2, 0.25) is 0 Å². The van der Waals surface area contributed by atoms with Crippen LogP contribution in [0.5, 0.6) is 0 Å². The third kappa shape index (κ3) is 4.86. The Hall–Kier alpha value is -1.80. The summed E-state index contributed by atoms with van der Waals surface area (Å²) in [6, 6.07) is 8.26. The smallest absolute Gasteiger partial charge is 0.343 e. The van der Waals surface area contributed by atoms with Crippen molar-refractivity contribution in [3.8, 4) is 0 Å². The van der Waals surface area contributed by atoms with Crippen molar-refractivity contribution in [1.29, 1.82) is 0 Å². The van der Waals surface area contributed by atoms with E-state index in [9.17, 15) is 18.7 Å². The van der Waals surface area contributed by atoms with Crippen molar-refractivity contribution in [3.63, 3.8) is 0 Å². The lowest BCUT2D eigenvalue weighted by Crippen LogP contribution is -3.00. The van der Waals surface area contributed by atoms with Crippen LogP contribution in [0.15, 0.2) is 42.7 Å². The molecule has 3 rings (SSSR count). The summed E-state index contributed by atoms with van der Waals surface area (Å²) >= 11 is 0. The zero-order valence-electron chi connectivity index (χ0n) is 16.7. The fourth-order valence-corrected chi connectivity index (χ4v) is 3.98. The fraction of sp³-hybridized carbons (Fsp3) is 0.524. The molecule has 0 spiro atoms. The van der Waals surface area contributed by atoms with Gasteiger partial charge in [0.1, 0.15) is 25.5 Å². The van der Waals surface area contributed by atoms with Crippen molar-refractivity contribution in [2.24, 2.45) is 5.92 Å². The van der Waals surface area contributed by atoms with Gasteiger partial charge in [-0.3, -0.25) is 0 Å². The molecule has 8 heteroatoms. The van der Waals surface area contributed by atoms with Crippen LogP contribution in [0.25, 0.3) is 0 Å². The van der Waals surface area contributed by atoms with Crippen LogP contribution in [-0.4, -0.2) is 28.2 Å². The van der Waals surface area contributed by atoms with Gasteiger partial charge in [-0.05, 0) is 18.9 Å². The van der Waals surface area contributed by atoms with Gasteiger partial charge in [-0.2, -0.15) is 0 Å². The van der Waals surface area contributed by atoms with Gasteiger partial charge in [0.15, 0.2) is 5.60 Å². The van der Waals surface area contributed by atoms with Crippen LogP contribution in [0.1, 0.15) is 37.6 Å². The van der Waals surface area contributed by atoms with E-state index in [1.165, 1.54) is 0 Å². The highest BCUT2D eigenvalue weighted by Gasteiger charge is 2.54. The molecule has 29 heavy (non-hydrogen) atoms. The lowest BCUT2D eigenvalue weighted by molar-refractivity contribution is -0.703. The number of aromatic nitrogens is 2. The van der Waals surface area contributed by atoms with Crippen molar-refractivity contribution < 1.29 is 45.0 Å². The number of ether oxygens (including phenoxy) is 1. The van der Waals surface area contributed by atoms with Crippen LogP contribution < -0.4 is 21.5 Å². The molecule has 2 atom stereocenters. The van der Waals surface area contributed by atoms with Crippen LogP contribution in [-0.2, 0) is 28.2 Å². The maximum Gasteiger partial charge on any atom is 0.343 e. The van der Waals surface area contributed by atoms with Gasteiger partial charge >= 0.3 is 5.97 Å². The van der Waals surface area contributed by atoms with Gasteiger partial charge in [-0.1, -0.05) is 30.3 Å². The Bertz CT molecular complexity index is 829. The molecule has 1 heterocycles. The molecule has 5 nitrogen and oxygen atoms in total. The number of halogens is 3. The monoisotopic (exact) mass is 472 g/mol.